The van der Waals surface area contributed by atoms with Crippen LogP contribution in [0.15, 0.2) is 46.6 Å². The predicted octanol–water partition coefficient (Wildman–Crippen LogP) is 5.90. The van der Waals surface area contributed by atoms with E-state index in [9.17, 15) is 5.11 Å². The number of halogens is 2. The highest BCUT2D eigenvalue weighted by atomic mass is 35.5. The van der Waals surface area contributed by atoms with Crippen molar-refractivity contribution in [1.82, 2.24) is 4.98 Å². The molecule has 2 aromatic carbocycles. The molecule has 106 valence electrons. The number of hydrogen-bond donors (Lipinski definition) is 2. The molecule has 0 unspecified atom stereocenters. The van der Waals surface area contributed by atoms with Crippen LogP contribution in [0.3, 0.4) is 0 Å². The molecule has 0 amide bonds. The smallest absolute Gasteiger partial charge is 0.218 e. The molecule has 6 heteroatoms. The van der Waals surface area contributed by atoms with Crippen LogP contribution in [0.2, 0.25) is 10.0 Å². The molecule has 0 aliphatic rings. The molecular weight excluding hydrogens is 309 g/mol. The van der Waals surface area contributed by atoms with Crippen LogP contribution in [0.1, 0.15) is 5.56 Å². The number of rotatable bonds is 2. The van der Waals surface area contributed by atoms with Crippen molar-refractivity contribution in [1.29, 1.82) is 0 Å². The van der Waals surface area contributed by atoms with Crippen LogP contribution in [-0.2, 0) is 0 Å². The summed E-state index contributed by atoms with van der Waals surface area (Å²) < 4.78 is 0. The fraction of sp³-hybridized carbons (Fsp3) is 0.0667. The zero-order chi connectivity index (χ0) is 15.0. The van der Waals surface area contributed by atoms with E-state index in [4.69, 9.17) is 23.2 Å². The molecule has 0 bridgehead atoms. The van der Waals surface area contributed by atoms with Gasteiger partial charge < -0.3 is 10.1 Å². The maximum atomic E-state index is 9.94. The minimum absolute atomic E-state index is 0.0392. The van der Waals surface area contributed by atoms with Crippen molar-refractivity contribution in [3.8, 4) is 5.88 Å². The van der Waals surface area contributed by atoms with Gasteiger partial charge in [-0.25, -0.2) is 0 Å². The van der Waals surface area contributed by atoms with Gasteiger partial charge in [0.05, 0.1) is 11.2 Å². The summed E-state index contributed by atoms with van der Waals surface area (Å²) in [5.74, 6) is -0.0392. The molecule has 3 rings (SSSR count). The first kappa shape index (κ1) is 13.9. The molecule has 0 atom stereocenters. The third-order valence-electron chi connectivity index (χ3n) is 3.13. The number of aryl methyl sites for hydroxylation is 1. The third kappa shape index (κ3) is 2.73. The summed E-state index contributed by atoms with van der Waals surface area (Å²) in [4.78, 5) is 2.84. The average molecular weight is 320 g/mol. The van der Waals surface area contributed by atoms with Gasteiger partial charge in [0, 0.05) is 15.4 Å². The highest BCUT2D eigenvalue weighted by Gasteiger charge is 2.11. The van der Waals surface area contributed by atoms with Gasteiger partial charge in [0.2, 0.25) is 5.88 Å². The minimum Gasteiger partial charge on any atom is -0.493 e. The maximum Gasteiger partial charge on any atom is 0.218 e. The first-order chi connectivity index (χ1) is 10.0. The normalized spacial score (nSPS) is 11.6. The molecule has 3 aromatic rings. The molecule has 0 saturated heterocycles. The van der Waals surface area contributed by atoms with E-state index >= 15 is 0 Å². The molecule has 1 aromatic heterocycles. The number of H-pyrrole nitrogens is 1. The lowest BCUT2D eigenvalue weighted by Crippen LogP contribution is -1.73. The average Bonchev–Trinajstić information content (AvgIpc) is 2.73. The van der Waals surface area contributed by atoms with Gasteiger partial charge >= 0.3 is 0 Å². The fourth-order valence-electron chi connectivity index (χ4n) is 2.07. The molecule has 0 aliphatic heterocycles. The van der Waals surface area contributed by atoms with E-state index in [1.54, 1.807) is 30.3 Å². The summed E-state index contributed by atoms with van der Waals surface area (Å²) in [6.45, 7) is 1.90. The zero-order valence-corrected chi connectivity index (χ0v) is 12.6. The van der Waals surface area contributed by atoms with Gasteiger partial charge in [-0.3, -0.25) is 0 Å². The lowest BCUT2D eigenvalue weighted by Gasteiger charge is -1.99. The number of nitrogens with zero attached hydrogens (tertiary/aromatic N) is 2. The fourth-order valence-corrected chi connectivity index (χ4v) is 2.47. The van der Waals surface area contributed by atoms with Crippen molar-refractivity contribution >= 4 is 45.5 Å². The third-order valence-corrected chi connectivity index (χ3v) is 3.60. The molecule has 2 N–H and O–H groups in total. The highest BCUT2D eigenvalue weighted by Crippen LogP contribution is 2.37. The molecule has 0 spiro atoms. The van der Waals surface area contributed by atoms with E-state index in [0.717, 1.165) is 16.5 Å². The molecule has 0 saturated carbocycles. The van der Waals surface area contributed by atoms with Crippen LogP contribution in [0.4, 0.5) is 11.4 Å². The molecule has 0 radical (unpaired) electrons. The Morgan fingerprint density at radius 3 is 2.48 bits per heavy atom. The number of nitrogens with one attached hydrogen (secondary N) is 1. The summed E-state index contributed by atoms with van der Waals surface area (Å²) in [5.41, 5.74) is 2.71. The van der Waals surface area contributed by atoms with Crippen LogP contribution >= 0.6 is 23.2 Å². The van der Waals surface area contributed by atoms with Crippen molar-refractivity contribution < 1.29 is 5.11 Å². The van der Waals surface area contributed by atoms with E-state index in [2.05, 4.69) is 15.2 Å². The van der Waals surface area contributed by atoms with E-state index in [1.807, 2.05) is 13.0 Å². The van der Waals surface area contributed by atoms with Crippen LogP contribution in [-0.4, -0.2) is 10.1 Å². The Balaban J connectivity index is 2.06. The Labute approximate surface area is 131 Å². The van der Waals surface area contributed by atoms with Gasteiger partial charge in [-0.1, -0.05) is 23.2 Å². The Morgan fingerprint density at radius 1 is 1.00 bits per heavy atom. The van der Waals surface area contributed by atoms with Crippen molar-refractivity contribution in [3.05, 3.63) is 52.0 Å². The van der Waals surface area contributed by atoms with Crippen molar-refractivity contribution in [2.75, 3.05) is 0 Å². The molecular formula is C15H11Cl2N3O. The first-order valence-electron chi connectivity index (χ1n) is 6.22. The Hall–Kier alpha value is -2.04. The summed E-state index contributed by atoms with van der Waals surface area (Å²) in [5, 5.41) is 20.2. The van der Waals surface area contributed by atoms with Crippen LogP contribution in [0.5, 0.6) is 5.88 Å². The molecule has 1 heterocycles. The summed E-state index contributed by atoms with van der Waals surface area (Å²) in [6.07, 6.45) is 0. The van der Waals surface area contributed by atoms with E-state index in [-0.39, 0.29) is 5.88 Å². The van der Waals surface area contributed by atoms with Crippen LogP contribution < -0.4 is 0 Å². The second-order valence-corrected chi connectivity index (χ2v) is 5.52. The van der Waals surface area contributed by atoms with Gasteiger partial charge in [0.1, 0.15) is 0 Å². The molecule has 0 aliphatic carbocycles. The topological polar surface area (TPSA) is 60.7 Å². The zero-order valence-electron chi connectivity index (χ0n) is 11.1. The van der Waals surface area contributed by atoms with Gasteiger partial charge in [-0.2, -0.15) is 5.11 Å². The van der Waals surface area contributed by atoms with Crippen LogP contribution in [0, 0.1) is 6.92 Å². The first-order valence-corrected chi connectivity index (χ1v) is 6.98. The second-order valence-electron chi connectivity index (χ2n) is 4.64. The molecule has 0 fully saturated rings. The van der Waals surface area contributed by atoms with E-state index in [0.29, 0.717) is 21.4 Å². The number of aromatic hydroxyl groups is 1. The van der Waals surface area contributed by atoms with Crippen LogP contribution in [0.25, 0.3) is 10.9 Å². The predicted molar refractivity (Wildman–Crippen MR) is 85.3 cm³/mol. The second kappa shape index (κ2) is 5.39. The van der Waals surface area contributed by atoms with Crippen molar-refractivity contribution in [2.24, 2.45) is 10.2 Å². The lowest BCUT2D eigenvalue weighted by atomic mass is 10.2. The van der Waals surface area contributed by atoms with Gasteiger partial charge in [0.15, 0.2) is 5.69 Å². The van der Waals surface area contributed by atoms with E-state index in [1.165, 1.54) is 0 Å². The number of aromatic amines is 1. The number of aromatic nitrogens is 1. The number of hydrogen-bond acceptors (Lipinski definition) is 3. The standard InChI is InChI=1S/C15H11Cl2N3O/c1-8-6-9(16)2-4-12(8)19-20-14-11-7-10(17)3-5-13(11)18-15(14)21/h2-7,18,21H,1H3. The number of azo groups is 1. The maximum absolute atomic E-state index is 9.94. The van der Waals surface area contributed by atoms with E-state index < -0.39 is 0 Å². The Morgan fingerprint density at radius 2 is 1.71 bits per heavy atom. The summed E-state index contributed by atoms with van der Waals surface area (Å²) in [7, 11) is 0. The summed E-state index contributed by atoms with van der Waals surface area (Å²) >= 11 is 11.9. The van der Waals surface area contributed by atoms with Gasteiger partial charge in [0.25, 0.3) is 0 Å². The Bertz CT molecular complexity index is 855. The van der Waals surface area contributed by atoms with Gasteiger partial charge in [-0.05, 0) is 48.9 Å². The quantitative estimate of drug-likeness (QED) is 0.567. The number of benzene rings is 2. The number of fused-ring (bicyclic) bond motifs is 1. The largest absolute Gasteiger partial charge is 0.493 e. The minimum atomic E-state index is -0.0392. The van der Waals surface area contributed by atoms with Gasteiger partial charge in [-0.15, -0.1) is 5.11 Å². The monoisotopic (exact) mass is 319 g/mol. The SMILES string of the molecule is Cc1cc(Cl)ccc1N=Nc1c(O)[nH]c2ccc(Cl)cc12. The highest BCUT2D eigenvalue weighted by molar-refractivity contribution is 6.31. The molecule has 4 nitrogen and oxygen atoms in total. The Kier molecular flexibility index (Phi) is 3.57. The van der Waals surface area contributed by atoms with Crippen molar-refractivity contribution in [3.63, 3.8) is 0 Å². The van der Waals surface area contributed by atoms with Crippen molar-refractivity contribution in [2.45, 2.75) is 6.92 Å². The molecule has 21 heavy (non-hydrogen) atoms. The lowest BCUT2D eigenvalue weighted by molar-refractivity contribution is 0.459. The summed E-state index contributed by atoms with van der Waals surface area (Å²) in [6, 6.07) is 10.6.